The topological polar surface area (TPSA) is 37.3 Å². The molecule has 0 radical (unpaired) electrons. The van der Waals surface area contributed by atoms with Crippen molar-refractivity contribution in [2.45, 2.75) is 5.92 Å². The predicted octanol–water partition coefficient (Wildman–Crippen LogP) is 4.55. The van der Waals surface area contributed by atoms with E-state index in [9.17, 15) is 9.90 Å². The summed E-state index contributed by atoms with van der Waals surface area (Å²) in [6.45, 7) is 0. The molecule has 0 unspecified atom stereocenters. The van der Waals surface area contributed by atoms with Crippen molar-refractivity contribution in [2.24, 2.45) is 0 Å². The SMILES string of the molecule is O=C(O)[C@@H]1c2ccccc2-c2c(-c3ccccc3)cccc21. The molecular weight excluding hydrogens is 272 g/mol. The fourth-order valence-corrected chi connectivity index (χ4v) is 3.38. The molecule has 0 fully saturated rings. The van der Waals surface area contributed by atoms with Crippen LogP contribution in [-0.4, -0.2) is 11.1 Å². The Morgan fingerprint density at radius 3 is 2.14 bits per heavy atom. The third-order valence-electron chi connectivity index (χ3n) is 4.28. The highest BCUT2D eigenvalue weighted by Crippen LogP contribution is 2.48. The highest BCUT2D eigenvalue weighted by atomic mass is 16.4. The first-order valence-electron chi connectivity index (χ1n) is 7.28. The van der Waals surface area contributed by atoms with Gasteiger partial charge >= 0.3 is 5.97 Å². The molecule has 3 aromatic rings. The number of benzene rings is 3. The Kier molecular flexibility index (Phi) is 2.83. The number of hydrogen-bond donors (Lipinski definition) is 1. The van der Waals surface area contributed by atoms with Gasteiger partial charge in [0.1, 0.15) is 5.92 Å². The van der Waals surface area contributed by atoms with Crippen LogP contribution in [0.3, 0.4) is 0 Å². The monoisotopic (exact) mass is 286 g/mol. The van der Waals surface area contributed by atoms with Gasteiger partial charge in [-0.15, -0.1) is 0 Å². The van der Waals surface area contributed by atoms with Crippen LogP contribution in [0, 0.1) is 0 Å². The maximum atomic E-state index is 11.8. The third kappa shape index (κ3) is 1.77. The molecule has 1 aliphatic carbocycles. The Balaban J connectivity index is 2.05. The second kappa shape index (κ2) is 4.85. The molecule has 2 heteroatoms. The van der Waals surface area contributed by atoms with E-state index in [-0.39, 0.29) is 0 Å². The van der Waals surface area contributed by atoms with Gasteiger partial charge in [0.25, 0.3) is 0 Å². The first-order valence-corrected chi connectivity index (χ1v) is 7.28. The summed E-state index contributed by atoms with van der Waals surface area (Å²) in [7, 11) is 0. The standard InChI is InChI=1S/C20H14O2/c21-20(22)19-16-10-5-4-9-15(16)18-14(11-6-12-17(18)19)13-7-2-1-3-8-13/h1-12,19H,(H,21,22)/t19-/m1/s1. The number of aliphatic carboxylic acids is 1. The van der Waals surface area contributed by atoms with Crippen LogP contribution in [0.4, 0.5) is 0 Å². The second-order valence-corrected chi connectivity index (χ2v) is 5.49. The molecule has 3 aromatic carbocycles. The van der Waals surface area contributed by atoms with E-state index in [4.69, 9.17) is 0 Å². The largest absolute Gasteiger partial charge is 0.481 e. The van der Waals surface area contributed by atoms with Gasteiger partial charge in [-0.3, -0.25) is 4.79 Å². The van der Waals surface area contributed by atoms with E-state index in [0.29, 0.717) is 0 Å². The maximum Gasteiger partial charge on any atom is 0.315 e. The predicted molar refractivity (Wildman–Crippen MR) is 86.8 cm³/mol. The van der Waals surface area contributed by atoms with Crippen molar-refractivity contribution in [3.63, 3.8) is 0 Å². The minimum absolute atomic E-state index is 0.574. The van der Waals surface area contributed by atoms with Crippen molar-refractivity contribution in [2.75, 3.05) is 0 Å². The summed E-state index contributed by atoms with van der Waals surface area (Å²) >= 11 is 0. The molecular formula is C20H14O2. The van der Waals surface area contributed by atoms with E-state index >= 15 is 0 Å². The molecule has 1 N–H and O–H groups in total. The third-order valence-corrected chi connectivity index (χ3v) is 4.28. The smallest absolute Gasteiger partial charge is 0.315 e. The summed E-state index contributed by atoms with van der Waals surface area (Å²) in [4.78, 5) is 11.8. The zero-order valence-electron chi connectivity index (χ0n) is 11.9. The minimum atomic E-state index is -0.795. The highest BCUT2D eigenvalue weighted by Gasteiger charge is 2.34. The van der Waals surface area contributed by atoms with Crippen LogP contribution >= 0.6 is 0 Å². The van der Waals surface area contributed by atoms with Gasteiger partial charge in [0, 0.05) is 0 Å². The van der Waals surface area contributed by atoms with Gasteiger partial charge in [-0.25, -0.2) is 0 Å². The van der Waals surface area contributed by atoms with E-state index in [1.165, 1.54) is 0 Å². The molecule has 0 spiro atoms. The molecule has 1 aliphatic rings. The Morgan fingerprint density at radius 2 is 1.36 bits per heavy atom. The summed E-state index contributed by atoms with van der Waals surface area (Å²) in [6.07, 6.45) is 0. The number of carboxylic acid groups (broad SMARTS) is 1. The van der Waals surface area contributed by atoms with Crippen molar-refractivity contribution >= 4 is 5.97 Å². The molecule has 0 aromatic heterocycles. The number of rotatable bonds is 2. The summed E-state index contributed by atoms with van der Waals surface area (Å²) in [5.41, 5.74) is 6.05. The van der Waals surface area contributed by atoms with Crippen molar-refractivity contribution in [1.29, 1.82) is 0 Å². The quantitative estimate of drug-likeness (QED) is 0.750. The minimum Gasteiger partial charge on any atom is -0.481 e. The van der Waals surface area contributed by atoms with Gasteiger partial charge in [0.15, 0.2) is 0 Å². The van der Waals surface area contributed by atoms with Crippen LogP contribution in [0.15, 0.2) is 72.8 Å². The average Bonchev–Trinajstić information content (AvgIpc) is 2.90. The number of hydrogen-bond acceptors (Lipinski definition) is 1. The van der Waals surface area contributed by atoms with Crippen molar-refractivity contribution in [3.05, 3.63) is 83.9 Å². The molecule has 22 heavy (non-hydrogen) atoms. The van der Waals surface area contributed by atoms with E-state index in [1.54, 1.807) is 0 Å². The summed E-state index contributed by atoms with van der Waals surface area (Å²) in [5, 5.41) is 9.67. The first-order chi connectivity index (χ1) is 10.8. The lowest BCUT2D eigenvalue weighted by atomic mass is 9.93. The fraction of sp³-hybridized carbons (Fsp3) is 0.0500. The average molecular weight is 286 g/mol. The lowest BCUT2D eigenvalue weighted by Gasteiger charge is -2.11. The number of carboxylic acids is 1. The summed E-state index contributed by atoms with van der Waals surface area (Å²) in [6, 6.07) is 23.9. The molecule has 106 valence electrons. The van der Waals surface area contributed by atoms with Gasteiger partial charge in [0.2, 0.25) is 0 Å². The molecule has 0 saturated heterocycles. The Hall–Kier alpha value is -2.87. The fourth-order valence-electron chi connectivity index (χ4n) is 3.38. The van der Waals surface area contributed by atoms with Crippen LogP contribution in [0.5, 0.6) is 0 Å². The van der Waals surface area contributed by atoms with Gasteiger partial charge in [-0.1, -0.05) is 72.8 Å². The second-order valence-electron chi connectivity index (χ2n) is 5.49. The summed E-state index contributed by atoms with van der Waals surface area (Å²) in [5.74, 6) is -1.37. The number of carbonyl (C=O) groups is 1. The van der Waals surface area contributed by atoms with E-state index in [1.807, 2.05) is 54.6 Å². The van der Waals surface area contributed by atoms with E-state index in [0.717, 1.165) is 33.4 Å². The molecule has 0 saturated carbocycles. The lowest BCUT2D eigenvalue weighted by Crippen LogP contribution is -2.09. The van der Waals surface area contributed by atoms with Gasteiger partial charge < -0.3 is 5.11 Å². The molecule has 0 bridgehead atoms. The first kappa shape index (κ1) is 12.8. The molecule has 0 amide bonds. The van der Waals surface area contributed by atoms with Crippen LogP contribution in [0.25, 0.3) is 22.3 Å². The molecule has 0 heterocycles. The molecule has 1 atom stereocenters. The molecule has 2 nitrogen and oxygen atoms in total. The van der Waals surface area contributed by atoms with E-state index in [2.05, 4.69) is 18.2 Å². The Labute approximate surface area is 128 Å². The Morgan fingerprint density at radius 1 is 0.727 bits per heavy atom. The van der Waals surface area contributed by atoms with Crippen molar-refractivity contribution < 1.29 is 9.90 Å². The van der Waals surface area contributed by atoms with Crippen LogP contribution in [0.2, 0.25) is 0 Å². The van der Waals surface area contributed by atoms with Crippen LogP contribution in [0.1, 0.15) is 17.0 Å². The summed E-state index contributed by atoms with van der Waals surface area (Å²) < 4.78 is 0. The highest BCUT2D eigenvalue weighted by molar-refractivity contribution is 5.98. The molecule has 4 rings (SSSR count). The normalized spacial score (nSPS) is 15.2. The van der Waals surface area contributed by atoms with Gasteiger partial charge in [-0.05, 0) is 33.4 Å². The maximum absolute atomic E-state index is 11.8. The van der Waals surface area contributed by atoms with Crippen molar-refractivity contribution in [1.82, 2.24) is 0 Å². The van der Waals surface area contributed by atoms with Gasteiger partial charge in [-0.2, -0.15) is 0 Å². The van der Waals surface area contributed by atoms with E-state index < -0.39 is 11.9 Å². The zero-order valence-corrected chi connectivity index (χ0v) is 11.9. The Bertz CT molecular complexity index is 866. The van der Waals surface area contributed by atoms with Gasteiger partial charge in [0.05, 0.1) is 0 Å². The van der Waals surface area contributed by atoms with Crippen LogP contribution < -0.4 is 0 Å². The van der Waals surface area contributed by atoms with Crippen LogP contribution in [-0.2, 0) is 4.79 Å². The lowest BCUT2D eigenvalue weighted by molar-refractivity contribution is -0.137. The zero-order chi connectivity index (χ0) is 15.1. The number of fused-ring (bicyclic) bond motifs is 3. The van der Waals surface area contributed by atoms with Crippen molar-refractivity contribution in [3.8, 4) is 22.3 Å². The molecule has 0 aliphatic heterocycles.